The molecular formula is C16H19BrN4O2S2. The highest BCUT2D eigenvalue weighted by molar-refractivity contribution is 9.10. The zero-order chi connectivity index (χ0) is 17.9. The summed E-state index contributed by atoms with van der Waals surface area (Å²) < 4.78 is 28.1. The van der Waals surface area contributed by atoms with Gasteiger partial charge in [0.25, 0.3) is 0 Å². The fourth-order valence-electron chi connectivity index (χ4n) is 2.76. The number of nitrogens with one attached hydrogen (secondary N) is 1. The van der Waals surface area contributed by atoms with Gasteiger partial charge in [0, 0.05) is 23.6 Å². The van der Waals surface area contributed by atoms with E-state index in [4.69, 9.17) is 0 Å². The lowest BCUT2D eigenvalue weighted by molar-refractivity contribution is 0.326. The van der Waals surface area contributed by atoms with E-state index in [1.165, 1.54) is 11.8 Å². The second-order valence-electron chi connectivity index (χ2n) is 5.75. The van der Waals surface area contributed by atoms with Gasteiger partial charge in [-0.3, -0.25) is 4.98 Å². The first-order valence-corrected chi connectivity index (χ1v) is 11.3. The van der Waals surface area contributed by atoms with Crippen LogP contribution in [-0.4, -0.2) is 48.1 Å². The van der Waals surface area contributed by atoms with Crippen molar-refractivity contribution in [3.8, 4) is 0 Å². The van der Waals surface area contributed by atoms with Crippen molar-refractivity contribution in [2.75, 3.05) is 24.7 Å². The number of hydrogen-bond donors (Lipinski definition) is 1. The molecule has 3 rings (SSSR count). The zero-order valence-corrected chi connectivity index (χ0v) is 16.9. The largest absolute Gasteiger partial charge is 0.365 e. The number of benzene rings is 1. The van der Waals surface area contributed by atoms with E-state index in [-0.39, 0.29) is 6.04 Å². The van der Waals surface area contributed by atoms with Crippen molar-refractivity contribution in [3.63, 3.8) is 0 Å². The van der Waals surface area contributed by atoms with Crippen LogP contribution < -0.4 is 5.32 Å². The molecule has 25 heavy (non-hydrogen) atoms. The summed E-state index contributed by atoms with van der Waals surface area (Å²) in [6.45, 7) is 0.955. The number of sulfonamides is 1. The molecule has 2 aromatic rings. The summed E-state index contributed by atoms with van der Waals surface area (Å²) in [5, 5.41) is 4.15. The molecule has 1 aliphatic heterocycles. The zero-order valence-electron chi connectivity index (χ0n) is 13.7. The third kappa shape index (κ3) is 4.52. The molecule has 1 atom stereocenters. The van der Waals surface area contributed by atoms with Gasteiger partial charge in [0.15, 0.2) is 0 Å². The first-order chi connectivity index (χ1) is 12.0. The SMILES string of the molecule is CSc1cncc(NC2CCCN(S(=O)(=O)c3ccc(Br)cc3)C2)n1. The van der Waals surface area contributed by atoms with Crippen LogP contribution in [0.5, 0.6) is 0 Å². The van der Waals surface area contributed by atoms with Gasteiger partial charge in [0.1, 0.15) is 10.8 Å². The molecule has 1 aromatic heterocycles. The van der Waals surface area contributed by atoms with Crippen molar-refractivity contribution >= 4 is 43.5 Å². The van der Waals surface area contributed by atoms with Crippen LogP contribution in [0.1, 0.15) is 12.8 Å². The van der Waals surface area contributed by atoms with Crippen LogP contribution in [0.2, 0.25) is 0 Å². The predicted molar refractivity (Wildman–Crippen MR) is 103 cm³/mol. The van der Waals surface area contributed by atoms with Crippen LogP contribution in [0.3, 0.4) is 0 Å². The van der Waals surface area contributed by atoms with E-state index in [2.05, 4.69) is 31.2 Å². The van der Waals surface area contributed by atoms with Gasteiger partial charge in [0.2, 0.25) is 10.0 Å². The van der Waals surface area contributed by atoms with Crippen molar-refractivity contribution in [2.24, 2.45) is 0 Å². The summed E-state index contributed by atoms with van der Waals surface area (Å²) in [5.74, 6) is 0.680. The Bertz CT molecular complexity index is 830. The summed E-state index contributed by atoms with van der Waals surface area (Å²) in [6, 6.07) is 6.77. The maximum absolute atomic E-state index is 12.8. The Kier molecular flexibility index (Phi) is 5.98. The summed E-state index contributed by atoms with van der Waals surface area (Å²) in [7, 11) is -3.48. The number of rotatable bonds is 5. The normalized spacial score (nSPS) is 18.9. The molecule has 0 amide bonds. The molecule has 0 spiro atoms. The van der Waals surface area contributed by atoms with Crippen molar-refractivity contribution in [1.82, 2.24) is 14.3 Å². The molecule has 0 saturated carbocycles. The molecule has 1 saturated heterocycles. The number of aromatic nitrogens is 2. The number of piperidine rings is 1. The molecule has 1 N–H and O–H groups in total. The Labute approximate surface area is 160 Å². The summed E-state index contributed by atoms with van der Waals surface area (Å²) in [6.07, 6.45) is 7.03. The molecule has 1 fully saturated rings. The smallest absolute Gasteiger partial charge is 0.243 e. The molecule has 0 aliphatic carbocycles. The fraction of sp³-hybridized carbons (Fsp3) is 0.375. The second kappa shape index (κ2) is 8.03. The van der Waals surface area contributed by atoms with Crippen LogP contribution >= 0.6 is 27.7 Å². The second-order valence-corrected chi connectivity index (χ2v) is 9.43. The summed E-state index contributed by atoms with van der Waals surface area (Å²) in [4.78, 5) is 8.94. The van der Waals surface area contributed by atoms with E-state index < -0.39 is 10.0 Å². The van der Waals surface area contributed by atoms with Crippen molar-refractivity contribution in [1.29, 1.82) is 0 Å². The van der Waals surface area contributed by atoms with Gasteiger partial charge < -0.3 is 5.32 Å². The van der Waals surface area contributed by atoms with Gasteiger partial charge in [-0.25, -0.2) is 13.4 Å². The maximum atomic E-state index is 12.8. The van der Waals surface area contributed by atoms with Gasteiger partial charge in [-0.2, -0.15) is 4.31 Å². The Morgan fingerprint density at radius 1 is 1.28 bits per heavy atom. The topological polar surface area (TPSA) is 75.2 Å². The molecule has 6 nitrogen and oxygen atoms in total. The molecule has 1 aliphatic rings. The molecule has 1 aromatic carbocycles. The molecule has 2 heterocycles. The van der Waals surface area contributed by atoms with Crippen LogP contribution in [-0.2, 0) is 10.0 Å². The monoisotopic (exact) mass is 442 g/mol. The Balaban J connectivity index is 1.73. The van der Waals surface area contributed by atoms with Crippen LogP contribution in [0.25, 0.3) is 0 Å². The highest BCUT2D eigenvalue weighted by Crippen LogP contribution is 2.24. The lowest BCUT2D eigenvalue weighted by Gasteiger charge is -2.32. The van der Waals surface area contributed by atoms with Gasteiger partial charge >= 0.3 is 0 Å². The Hall–Kier alpha value is -1.16. The molecule has 1 unspecified atom stereocenters. The van der Waals surface area contributed by atoms with Crippen molar-refractivity contribution < 1.29 is 8.42 Å². The average molecular weight is 443 g/mol. The highest BCUT2D eigenvalue weighted by atomic mass is 79.9. The summed E-state index contributed by atoms with van der Waals surface area (Å²) >= 11 is 4.86. The van der Waals surface area contributed by atoms with Gasteiger partial charge in [-0.1, -0.05) is 15.9 Å². The summed E-state index contributed by atoms with van der Waals surface area (Å²) in [5.41, 5.74) is 0. The number of hydrogen-bond acceptors (Lipinski definition) is 6. The first kappa shape index (κ1) is 18.6. The van der Waals surface area contributed by atoms with E-state index in [1.807, 2.05) is 6.26 Å². The van der Waals surface area contributed by atoms with Crippen LogP contribution in [0.15, 0.2) is 51.1 Å². The third-order valence-electron chi connectivity index (χ3n) is 4.01. The van der Waals surface area contributed by atoms with Crippen LogP contribution in [0, 0.1) is 0 Å². The molecule has 134 valence electrons. The molecule has 9 heteroatoms. The highest BCUT2D eigenvalue weighted by Gasteiger charge is 2.30. The minimum Gasteiger partial charge on any atom is -0.365 e. The molecule has 0 bridgehead atoms. The molecule has 0 radical (unpaired) electrons. The minimum atomic E-state index is -3.48. The van der Waals surface area contributed by atoms with E-state index in [9.17, 15) is 8.42 Å². The minimum absolute atomic E-state index is 0.0189. The standard InChI is InChI=1S/C16H19BrN4O2S2/c1-24-16-10-18-9-15(20-16)19-13-3-2-8-21(11-13)25(22,23)14-6-4-12(17)5-7-14/h4-7,9-10,13H,2-3,8,11H2,1H3,(H,19,20). The lowest BCUT2D eigenvalue weighted by Crippen LogP contribution is -2.45. The average Bonchev–Trinajstić information content (AvgIpc) is 2.62. The maximum Gasteiger partial charge on any atom is 0.243 e. The third-order valence-corrected chi connectivity index (χ3v) is 7.03. The Morgan fingerprint density at radius 3 is 2.76 bits per heavy atom. The number of anilines is 1. The lowest BCUT2D eigenvalue weighted by atomic mass is 10.1. The van der Waals surface area contributed by atoms with Gasteiger partial charge in [0.05, 0.1) is 17.3 Å². The Morgan fingerprint density at radius 2 is 2.04 bits per heavy atom. The number of nitrogens with zero attached hydrogens (tertiary/aromatic N) is 3. The van der Waals surface area contributed by atoms with Gasteiger partial charge in [-0.05, 0) is 43.4 Å². The van der Waals surface area contributed by atoms with E-state index in [0.29, 0.717) is 23.8 Å². The molecular weight excluding hydrogens is 424 g/mol. The van der Waals surface area contributed by atoms with E-state index in [1.54, 1.807) is 41.0 Å². The predicted octanol–water partition coefficient (Wildman–Crippen LogP) is 3.23. The number of halogens is 1. The van der Waals surface area contributed by atoms with E-state index >= 15 is 0 Å². The van der Waals surface area contributed by atoms with Gasteiger partial charge in [-0.15, -0.1) is 11.8 Å². The fourth-order valence-corrected chi connectivity index (χ4v) is 4.90. The van der Waals surface area contributed by atoms with Crippen LogP contribution in [0.4, 0.5) is 5.82 Å². The van der Waals surface area contributed by atoms with Crippen molar-refractivity contribution in [2.45, 2.75) is 28.8 Å². The van der Waals surface area contributed by atoms with Crippen molar-refractivity contribution in [3.05, 3.63) is 41.1 Å². The quantitative estimate of drug-likeness (QED) is 0.716. The number of thioether (sulfide) groups is 1. The van der Waals surface area contributed by atoms with E-state index in [0.717, 1.165) is 22.3 Å². The first-order valence-electron chi connectivity index (χ1n) is 7.87.